The normalized spacial score (nSPS) is 19.0. The molecule has 142 valence electrons. The molecule has 0 unspecified atom stereocenters. The van der Waals surface area contributed by atoms with Crippen LogP contribution in [-0.2, 0) is 19.1 Å². The monoisotopic (exact) mass is 364 g/mol. The molecule has 8 nitrogen and oxygen atoms in total. The molecule has 0 spiro atoms. The van der Waals surface area contributed by atoms with Gasteiger partial charge in [-0.2, -0.15) is 0 Å². The summed E-state index contributed by atoms with van der Waals surface area (Å²) < 4.78 is 10.7. The lowest BCUT2D eigenvalue weighted by Crippen LogP contribution is -2.34. The van der Waals surface area contributed by atoms with Crippen molar-refractivity contribution in [3.8, 4) is 5.75 Å². The minimum Gasteiger partial charge on any atom is -0.484 e. The standard InChI is InChI=1S/C18H24N2O6/c1-3-20(4-2)16(21)11-25-13-7-5-6-12(10-13)19-17(22)14-8-9-15(26-14)18(23)24/h5-7,10,14-15H,3-4,8-9,11H2,1-2H3,(H,19,22)(H,23,24)/t14-,15+/m0/s1. The number of rotatable bonds is 8. The summed E-state index contributed by atoms with van der Waals surface area (Å²) in [6.45, 7) is 4.96. The minimum atomic E-state index is -1.06. The summed E-state index contributed by atoms with van der Waals surface area (Å²) in [6, 6.07) is 6.68. The molecule has 26 heavy (non-hydrogen) atoms. The molecule has 1 saturated heterocycles. The maximum atomic E-state index is 12.2. The molecular formula is C18H24N2O6. The predicted octanol–water partition coefficient (Wildman–Crippen LogP) is 1.50. The second-order valence-corrected chi connectivity index (χ2v) is 5.90. The Morgan fingerprint density at radius 2 is 1.92 bits per heavy atom. The number of nitrogens with one attached hydrogen (secondary N) is 1. The number of benzene rings is 1. The van der Waals surface area contributed by atoms with Crippen molar-refractivity contribution in [2.24, 2.45) is 0 Å². The topological polar surface area (TPSA) is 105 Å². The largest absolute Gasteiger partial charge is 0.484 e. The molecule has 1 heterocycles. The first-order valence-electron chi connectivity index (χ1n) is 8.64. The van der Waals surface area contributed by atoms with Crippen LogP contribution in [0.3, 0.4) is 0 Å². The van der Waals surface area contributed by atoms with Gasteiger partial charge < -0.3 is 24.8 Å². The van der Waals surface area contributed by atoms with Crippen LogP contribution in [0.2, 0.25) is 0 Å². The number of likely N-dealkylation sites (N-methyl/N-ethyl adjacent to an activating group) is 1. The molecule has 1 fully saturated rings. The molecule has 0 radical (unpaired) electrons. The molecule has 2 amide bonds. The van der Waals surface area contributed by atoms with Crippen molar-refractivity contribution >= 4 is 23.5 Å². The van der Waals surface area contributed by atoms with Crippen molar-refractivity contribution in [3.05, 3.63) is 24.3 Å². The first-order chi connectivity index (χ1) is 12.4. The van der Waals surface area contributed by atoms with Crippen LogP contribution in [0, 0.1) is 0 Å². The number of ether oxygens (including phenoxy) is 2. The molecular weight excluding hydrogens is 340 g/mol. The lowest BCUT2D eigenvalue weighted by molar-refractivity contribution is -0.150. The molecule has 0 bridgehead atoms. The Hall–Kier alpha value is -2.61. The third kappa shape index (κ3) is 5.19. The fourth-order valence-corrected chi connectivity index (χ4v) is 2.71. The molecule has 1 aliphatic heterocycles. The second-order valence-electron chi connectivity index (χ2n) is 5.90. The summed E-state index contributed by atoms with van der Waals surface area (Å²) in [5.74, 6) is -1.11. The summed E-state index contributed by atoms with van der Waals surface area (Å²) in [5, 5.41) is 11.6. The molecule has 1 aliphatic rings. The first kappa shape index (κ1) is 19.7. The van der Waals surface area contributed by atoms with E-state index in [9.17, 15) is 14.4 Å². The van der Waals surface area contributed by atoms with Gasteiger partial charge in [0.05, 0.1) is 0 Å². The molecule has 8 heteroatoms. The Labute approximate surface area is 152 Å². The van der Waals surface area contributed by atoms with Crippen molar-refractivity contribution in [2.75, 3.05) is 25.0 Å². The zero-order valence-electron chi connectivity index (χ0n) is 14.9. The third-order valence-electron chi connectivity index (χ3n) is 4.17. The van der Waals surface area contributed by atoms with Gasteiger partial charge in [0.25, 0.3) is 11.8 Å². The molecule has 1 aromatic carbocycles. The summed E-state index contributed by atoms with van der Waals surface area (Å²) in [7, 11) is 0. The van der Waals surface area contributed by atoms with E-state index in [1.807, 2.05) is 13.8 Å². The van der Waals surface area contributed by atoms with Crippen molar-refractivity contribution in [1.82, 2.24) is 4.90 Å². The highest BCUT2D eigenvalue weighted by molar-refractivity contribution is 5.95. The Morgan fingerprint density at radius 1 is 1.23 bits per heavy atom. The predicted molar refractivity (Wildman–Crippen MR) is 94.0 cm³/mol. The summed E-state index contributed by atoms with van der Waals surface area (Å²) in [5.41, 5.74) is 0.491. The molecule has 0 saturated carbocycles. The number of hydrogen-bond donors (Lipinski definition) is 2. The van der Waals surface area contributed by atoms with Gasteiger partial charge in [0, 0.05) is 24.8 Å². The van der Waals surface area contributed by atoms with Gasteiger partial charge in [0.1, 0.15) is 11.9 Å². The van der Waals surface area contributed by atoms with Gasteiger partial charge in [0.2, 0.25) is 0 Å². The van der Waals surface area contributed by atoms with Crippen LogP contribution in [0.25, 0.3) is 0 Å². The second kappa shape index (κ2) is 9.19. The van der Waals surface area contributed by atoms with E-state index < -0.39 is 24.1 Å². The first-order valence-corrected chi connectivity index (χ1v) is 8.64. The number of nitrogens with zero attached hydrogens (tertiary/aromatic N) is 1. The molecule has 0 aromatic heterocycles. The Morgan fingerprint density at radius 3 is 2.54 bits per heavy atom. The SMILES string of the molecule is CCN(CC)C(=O)COc1cccc(NC(=O)[C@@H]2CC[C@H](C(=O)O)O2)c1. The number of carbonyl (C=O) groups excluding carboxylic acids is 2. The van der Waals surface area contributed by atoms with Gasteiger partial charge in [-0.15, -0.1) is 0 Å². The van der Waals surface area contributed by atoms with E-state index in [4.69, 9.17) is 14.6 Å². The Bertz CT molecular complexity index is 659. The van der Waals surface area contributed by atoms with Crippen LogP contribution in [0.1, 0.15) is 26.7 Å². The maximum absolute atomic E-state index is 12.2. The molecule has 2 rings (SSSR count). The van der Waals surface area contributed by atoms with Gasteiger partial charge in [0.15, 0.2) is 12.7 Å². The fourth-order valence-electron chi connectivity index (χ4n) is 2.71. The highest BCUT2D eigenvalue weighted by Gasteiger charge is 2.34. The molecule has 1 aromatic rings. The van der Waals surface area contributed by atoms with Crippen molar-refractivity contribution in [2.45, 2.75) is 38.9 Å². The van der Waals surface area contributed by atoms with E-state index in [-0.39, 0.29) is 12.5 Å². The number of carboxylic acids is 1. The number of carboxylic acid groups (broad SMARTS) is 1. The van der Waals surface area contributed by atoms with Gasteiger partial charge in [-0.25, -0.2) is 4.79 Å². The number of aliphatic carboxylic acids is 1. The van der Waals surface area contributed by atoms with Gasteiger partial charge in [-0.1, -0.05) is 6.07 Å². The lowest BCUT2D eigenvalue weighted by atomic mass is 10.2. The van der Waals surface area contributed by atoms with E-state index in [1.54, 1.807) is 29.2 Å². The number of carbonyl (C=O) groups is 3. The summed E-state index contributed by atoms with van der Waals surface area (Å²) in [6.07, 6.45) is -1.06. The van der Waals surface area contributed by atoms with Crippen LogP contribution in [0.4, 0.5) is 5.69 Å². The lowest BCUT2D eigenvalue weighted by Gasteiger charge is -2.18. The van der Waals surface area contributed by atoms with Crippen LogP contribution in [0.5, 0.6) is 5.75 Å². The van der Waals surface area contributed by atoms with Crippen LogP contribution < -0.4 is 10.1 Å². The number of anilines is 1. The highest BCUT2D eigenvalue weighted by atomic mass is 16.5. The van der Waals surface area contributed by atoms with Crippen molar-refractivity contribution in [3.63, 3.8) is 0 Å². The van der Waals surface area contributed by atoms with Crippen molar-refractivity contribution < 1.29 is 29.0 Å². The third-order valence-corrected chi connectivity index (χ3v) is 4.17. The van der Waals surface area contributed by atoms with E-state index in [0.717, 1.165) is 0 Å². The smallest absolute Gasteiger partial charge is 0.332 e. The summed E-state index contributed by atoms with van der Waals surface area (Å²) >= 11 is 0. The maximum Gasteiger partial charge on any atom is 0.332 e. The van der Waals surface area contributed by atoms with Gasteiger partial charge in [-0.3, -0.25) is 9.59 Å². The van der Waals surface area contributed by atoms with Crippen LogP contribution >= 0.6 is 0 Å². The number of hydrogen-bond acceptors (Lipinski definition) is 5. The van der Waals surface area contributed by atoms with Crippen LogP contribution in [-0.4, -0.2) is 59.7 Å². The van der Waals surface area contributed by atoms with Gasteiger partial charge >= 0.3 is 5.97 Å². The van der Waals surface area contributed by atoms with Gasteiger partial charge in [-0.05, 0) is 38.8 Å². The molecule has 2 atom stereocenters. The van der Waals surface area contributed by atoms with Crippen LogP contribution in [0.15, 0.2) is 24.3 Å². The zero-order chi connectivity index (χ0) is 19.1. The molecule has 0 aliphatic carbocycles. The minimum absolute atomic E-state index is 0.0783. The Balaban J connectivity index is 1.89. The summed E-state index contributed by atoms with van der Waals surface area (Å²) in [4.78, 5) is 36.7. The van der Waals surface area contributed by atoms with E-state index in [0.29, 0.717) is 37.4 Å². The van der Waals surface area contributed by atoms with E-state index in [1.165, 1.54) is 0 Å². The quantitative estimate of drug-likeness (QED) is 0.724. The number of amides is 2. The zero-order valence-corrected chi connectivity index (χ0v) is 14.9. The highest BCUT2D eigenvalue weighted by Crippen LogP contribution is 2.23. The van der Waals surface area contributed by atoms with E-state index in [2.05, 4.69) is 5.32 Å². The average Bonchev–Trinajstić information content (AvgIpc) is 3.12. The van der Waals surface area contributed by atoms with Crippen molar-refractivity contribution in [1.29, 1.82) is 0 Å². The molecule has 2 N–H and O–H groups in total. The van der Waals surface area contributed by atoms with E-state index >= 15 is 0 Å². The fraction of sp³-hybridized carbons (Fsp3) is 0.500. The Kier molecular flexibility index (Phi) is 6.97. The average molecular weight is 364 g/mol.